The summed E-state index contributed by atoms with van der Waals surface area (Å²) in [5.41, 5.74) is 5.71. The van der Waals surface area contributed by atoms with E-state index in [1.807, 2.05) is 6.07 Å². The van der Waals surface area contributed by atoms with Gasteiger partial charge in [-0.05, 0) is 18.6 Å². The van der Waals surface area contributed by atoms with E-state index in [4.69, 9.17) is 34.8 Å². The van der Waals surface area contributed by atoms with E-state index in [1.54, 1.807) is 30.3 Å². The van der Waals surface area contributed by atoms with Crippen molar-refractivity contribution in [1.29, 1.82) is 0 Å². The summed E-state index contributed by atoms with van der Waals surface area (Å²) in [5.74, 6) is -0.293. The summed E-state index contributed by atoms with van der Waals surface area (Å²) in [5, 5.41) is 0. The van der Waals surface area contributed by atoms with E-state index in [-0.39, 0.29) is 5.91 Å². The maximum Gasteiger partial charge on any atom is 0.265 e. The molecule has 6 heteroatoms. The Bertz CT molecular complexity index is 404. The molecule has 0 saturated heterocycles. The largest absolute Gasteiger partial charge is 0.287 e. The fourth-order valence-corrected chi connectivity index (χ4v) is 1.69. The van der Waals surface area contributed by atoms with Gasteiger partial charge >= 0.3 is 0 Å². The van der Waals surface area contributed by atoms with Crippen LogP contribution in [0.5, 0.6) is 0 Å². The number of amides is 1. The summed E-state index contributed by atoms with van der Waals surface area (Å²) < 4.78 is -1.53. The molecule has 2 N–H and O–H groups in total. The molecule has 0 aliphatic rings. The fraction of sp³-hybridized carbons (Fsp3) is 0.250. The molecule has 0 radical (unpaired) electrons. The molecule has 0 aliphatic heterocycles. The molecule has 1 aromatic carbocycles. The number of carbonyl (C=O) groups excluding carboxylic acids is 1. The van der Waals surface area contributed by atoms with Crippen molar-refractivity contribution in [3.05, 3.63) is 48.6 Å². The van der Waals surface area contributed by atoms with E-state index in [1.165, 1.54) is 0 Å². The molecule has 1 rings (SSSR count). The van der Waals surface area contributed by atoms with Gasteiger partial charge in [-0.3, -0.25) is 10.2 Å². The zero-order chi connectivity index (χ0) is 13.6. The third-order valence-corrected chi connectivity index (χ3v) is 2.98. The first kappa shape index (κ1) is 15.3. The highest BCUT2D eigenvalue weighted by molar-refractivity contribution is 6.68. The van der Waals surface area contributed by atoms with Crippen LogP contribution in [0, 0.1) is 0 Å². The Balaban J connectivity index is 2.58. The molecular formula is C12H13Cl3N2O. The van der Waals surface area contributed by atoms with Crippen LogP contribution < -0.4 is 10.9 Å². The van der Waals surface area contributed by atoms with Crippen molar-refractivity contribution in [2.45, 2.75) is 16.3 Å². The molecule has 1 atom stereocenters. The lowest BCUT2D eigenvalue weighted by molar-refractivity contribution is 0.0925. The number of hydrogen-bond donors (Lipinski definition) is 2. The number of nitrogens with one attached hydrogen (secondary N) is 2. The van der Waals surface area contributed by atoms with Gasteiger partial charge in [0.25, 0.3) is 5.91 Å². The summed E-state index contributed by atoms with van der Waals surface area (Å²) in [6.07, 6.45) is 2.01. The minimum absolute atomic E-state index is 0.293. The zero-order valence-electron chi connectivity index (χ0n) is 9.50. The topological polar surface area (TPSA) is 41.1 Å². The van der Waals surface area contributed by atoms with Crippen LogP contribution in [0.3, 0.4) is 0 Å². The SMILES string of the molecule is C=CCC(NNC(=O)c1ccccc1)C(Cl)(Cl)Cl. The van der Waals surface area contributed by atoms with Crippen LogP contribution in [0.25, 0.3) is 0 Å². The van der Waals surface area contributed by atoms with Gasteiger partial charge in [0.15, 0.2) is 0 Å². The number of alkyl halides is 3. The molecule has 1 amide bonds. The van der Waals surface area contributed by atoms with Crippen LogP contribution in [0.15, 0.2) is 43.0 Å². The Morgan fingerprint density at radius 3 is 2.44 bits per heavy atom. The summed E-state index contributed by atoms with van der Waals surface area (Å²) in [7, 11) is 0. The molecule has 0 spiro atoms. The second kappa shape index (κ2) is 7.00. The van der Waals surface area contributed by atoms with Crippen molar-refractivity contribution >= 4 is 40.7 Å². The molecular weight excluding hydrogens is 295 g/mol. The second-order valence-corrected chi connectivity index (χ2v) is 5.95. The third-order valence-electron chi connectivity index (χ3n) is 2.19. The minimum Gasteiger partial charge on any atom is -0.287 e. The Morgan fingerprint density at radius 2 is 1.94 bits per heavy atom. The van der Waals surface area contributed by atoms with Gasteiger partial charge in [0, 0.05) is 5.56 Å². The number of benzene rings is 1. The van der Waals surface area contributed by atoms with E-state index in [2.05, 4.69) is 17.4 Å². The van der Waals surface area contributed by atoms with Gasteiger partial charge in [-0.25, -0.2) is 5.43 Å². The Hall–Kier alpha value is -0.740. The zero-order valence-corrected chi connectivity index (χ0v) is 11.8. The summed E-state index contributed by atoms with van der Waals surface area (Å²) in [6, 6.07) is 8.19. The second-order valence-electron chi connectivity index (χ2n) is 3.58. The van der Waals surface area contributed by atoms with Gasteiger partial charge < -0.3 is 0 Å². The van der Waals surface area contributed by atoms with Crippen molar-refractivity contribution in [3.63, 3.8) is 0 Å². The average molecular weight is 308 g/mol. The molecule has 98 valence electrons. The first-order chi connectivity index (χ1) is 8.45. The molecule has 0 saturated carbocycles. The number of hydrogen-bond acceptors (Lipinski definition) is 2. The van der Waals surface area contributed by atoms with E-state index >= 15 is 0 Å². The maximum atomic E-state index is 11.8. The predicted octanol–water partition coefficient (Wildman–Crippen LogP) is 3.24. The molecule has 18 heavy (non-hydrogen) atoms. The molecule has 0 aromatic heterocycles. The van der Waals surface area contributed by atoms with Crippen LogP contribution in [-0.4, -0.2) is 15.7 Å². The van der Waals surface area contributed by atoms with Crippen molar-refractivity contribution in [3.8, 4) is 0 Å². The molecule has 0 heterocycles. The molecule has 0 aliphatic carbocycles. The maximum absolute atomic E-state index is 11.8. The summed E-state index contributed by atoms with van der Waals surface area (Å²) in [6.45, 7) is 3.57. The van der Waals surface area contributed by atoms with Gasteiger partial charge in [-0.1, -0.05) is 59.1 Å². The highest BCUT2D eigenvalue weighted by Gasteiger charge is 2.31. The van der Waals surface area contributed by atoms with Crippen LogP contribution in [0.2, 0.25) is 0 Å². The van der Waals surface area contributed by atoms with E-state index in [0.717, 1.165) is 0 Å². The lowest BCUT2D eigenvalue weighted by atomic mass is 10.2. The quantitative estimate of drug-likeness (QED) is 0.498. The van der Waals surface area contributed by atoms with Crippen molar-refractivity contribution in [1.82, 2.24) is 10.9 Å². The highest BCUT2D eigenvalue weighted by atomic mass is 35.6. The van der Waals surface area contributed by atoms with Crippen LogP contribution in [-0.2, 0) is 0 Å². The van der Waals surface area contributed by atoms with Gasteiger partial charge in [0.1, 0.15) is 0 Å². The van der Waals surface area contributed by atoms with E-state index < -0.39 is 9.83 Å². The van der Waals surface area contributed by atoms with Crippen LogP contribution in [0.1, 0.15) is 16.8 Å². The normalized spacial score (nSPS) is 12.8. The third kappa shape index (κ3) is 4.86. The molecule has 1 aromatic rings. The Morgan fingerprint density at radius 1 is 1.33 bits per heavy atom. The van der Waals surface area contributed by atoms with Crippen molar-refractivity contribution < 1.29 is 4.79 Å². The average Bonchev–Trinajstić information content (AvgIpc) is 2.33. The molecule has 1 unspecified atom stereocenters. The van der Waals surface area contributed by atoms with Gasteiger partial charge in [0.05, 0.1) is 6.04 Å². The first-order valence-electron chi connectivity index (χ1n) is 5.23. The predicted molar refractivity (Wildman–Crippen MR) is 75.9 cm³/mol. The monoisotopic (exact) mass is 306 g/mol. The highest BCUT2D eigenvalue weighted by Crippen LogP contribution is 2.31. The smallest absolute Gasteiger partial charge is 0.265 e. The first-order valence-corrected chi connectivity index (χ1v) is 6.37. The standard InChI is InChI=1S/C12H13Cl3N2O/c1-2-6-10(12(13,14)15)16-17-11(18)9-7-4-3-5-8-9/h2-5,7-8,10,16H,1,6H2,(H,17,18). The van der Waals surface area contributed by atoms with Gasteiger partial charge in [0.2, 0.25) is 3.79 Å². The number of carbonyl (C=O) groups is 1. The lowest BCUT2D eigenvalue weighted by Crippen LogP contribution is -2.49. The molecule has 0 fully saturated rings. The fourth-order valence-electron chi connectivity index (χ4n) is 1.26. The van der Waals surface area contributed by atoms with E-state index in [9.17, 15) is 4.79 Å². The molecule has 3 nitrogen and oxygen atoms in total. The molecule has 0 bridgehead atoms. The Kier molecular flexibility index (Phi) is 5.96. The summed E-state index contributed by atoms with van der Waals surface area (Å²) in [4.78, 5) is 11.8. The number of halogens is 3. The van der Waals surface area contributed by atoms with E-state index in [0.29, 0.717) is 12.0 Å². The Labute approximate surface area is 121 Å². The summed E-state index contributed by atoms with van der Waals surface area (Å²) >= 11 is 17.3. The van der Waals surface area contributed by atoms with Crippen LogP contribution >= 0.6 is 34.8 Å². The number of rotatable bonds is 5. The minimum atomic E-state index is -1.53. The van der Waals surface area contributed by atoms with Gasteiger partial charge in [-0.15, -0.1) is 6.58 Å². The van der Waals surface area contributed by atoms with Crippen LogP contribution in [0.4, 0.5) is 0 Å². The van der Waals surface area contributed by atoms with Crippen molar-refractivity contribution in [2.75, 3.05) is 0 Å². The van der Waals surface area contributed by atoms with Crippen molar-refractivity contribution in [2.24, 2.45) is 0 Å². The van der Waals surface area contributed by atoms with Gasteiger partial charge in [-0.2, -0.15) is 0 Å². The number of hydrazine groups is 1. The lowest BCUT2D eigenvalue weighted by Gasteiger charge is -2.24.